The van der Waals surface area contributed by atoms with E-state index >= 15 is 0 Å². The molecule has 0 amide bonds. The normalized spacial score (nSPS) is 10.3. The molecule has 0 aliphatic carbocycles. The molecule has 0 bridgehead atoms. The van der Waals surface area contributed by atoms with E-state index in [1.807, 2.05) is 0 Å². The van der Waals surface area contributed by atoms with Crippen LogP contribution in [0.3, 0.4) is 0 Å². The number of ketones is 1. The lowest BCUT2D eigenvalue weighted by Crippen LogP contribution is -2.03. The van der Waals surface area contributed by atoms with Gasteiger partial charge in [0.25, 0.3) is 0 Å². The zero-order valence-electron chi connectivity index (χ0n) is 10.1. The van der Waals surface area contributed by atoms with E-state index in [-0.39, 0.29) is 11.5 Å². The number of ether oxygens (including phenoxy) is 1. The van der Waals surface area contributed by atoms with Crippen molar-refractivity contribution in [2.75, 3.05) is 12.8 Å². The number of benzene rings is 2. The van der Waals surface area contributed by atoms with Crippen molar-refractivity contribution in [2.24, 2.45) is 0 Å². The van der Waals surface area contributed by atoms with Crippen LogP contribution in [0.1, 0.15) is 15.9 Å². The van der Waals surface area contributed by atoms with E-state index in [4.69, 9.17) is 22.1 Å². The molecule has 0 atom stereocenters. The highest BCUT2D eigenvalue weighted by Crippen LogP contribution is 2.26. The summed E-state index contributed by atoms with van der Waals surface area (Å²) in [5.74, 6) is -0.350. The van der Waals surface area contributed by atoms with Crippen molar-refractivity contribution < 1.29 is 13.9 Å². The molecule has 0 fully saturated rings. The van der Waals surface area contributed by atoms with Crippen LogP contribution in [0.25, 0.3) is 0 Å². The Hall–Kier alpha value is -2.07. The second kappa shape index (κ2) is 5.28. The van der Waals surface area contributed by atoms with Crippen LogP contribution >= 0.6 is 11.6 Å². The first-order chi connectivity index (χ1) is 9.02. The number of carbonyl (C=O) groups excluding carboxylic acids is 1. The lowest BCUT2D eigenvalue weighted by molar-refractivity contribution is 0.103. The quantitative estimate of drug-likeness (QED) is 0.693. The third-order valence-corrected chi connectivity index (χ3v) is 2.97. The molecule has 0 aliphatic heterocycles. The highest BCUT2D eigenvalue weighted by Gasteiger charge is 2.13. The van der Waals surface area contributed by atoms with Gasteiger partial charge in [-0.25, -0.2) is 4.39 Å². The highest BCUT2D eigenvalue weighted by molar-refractivity contribution is 6.32. The van der Waals surface area contributed by atoms with Gasteiger partial charge in [-0.3, -0.25) is 4.79 Å². The number of nitrogens with two attached hydrogens (primary N) is 1. The van der Waals surface area contributed by atoms with E-state index in [9.17, 15) is 9.18 Å². The molecule has 5 heteroatoms. The Morgan fingerprint density at radius 2 is 1.84 bits per heavy atom. The molecule has 2 aromatic rings. The Labute approximate surface area is 114 Å². The molecule has 0 spiro atoms. The fraction of sp³-hybridized carbons (Fsp3) is 0.0714. The molecule has 3 nitrogen and oxygen atoms in total. The van der Waals surface area contributed by atoms with Gasteiger partial charge in [0.2, 0.25) is 0 Å². The van der Waals surface area contributed by atoms with Crippen LogP contribution < -0.4 is 10.5 Å². The van der Waals surface area contributed by atoms with Gasteiger partial charge in [-0.2, -0.15) is 0 Å². The molecule has 2 N–H and O–H groups in total. The molecule has 98 valence electrons. The number of hydrogen-bond donors (Lipinski definition) is 1. The summed E-state index contributed by atoms with van der Waals surface area (Å²) in [6, 6.07) is 8.53. The first kappa shape index (κ1) is 13.4. The Morgan fingerprint density at radius 3 is 2.42 bits per heavy atom. The predicted octanol–water partition coefficient (Wildman–Crippen LogP) is 3.30. The monoisotopic (exact) mass is 279 g/mol. The van der Waals surface area contributed by atoms with Gasteiger partial charge in [0.05, 0.1) is 17.8 Å². The summed E-state index contributed by atoms with van der Waals surface area (Å²) in [5.41, 5.74) is 6.07. The van der Waals surface area contributed by atoms with Crippen molar-refractivity contribution in [3.8, 4) is 5.75 Å². The molecule has 19 heavy (non-hydrogen) atoms. The Kier molecular flexibility index (Phi) is 3.71. The van der Waals surface area contributed by atoms with E-state index in [0.717, 1.165) is 6.07 Å². The molecule has 0 radical (unpaired) electrons. The molecule has 0 aliphatic rings. The molecule has 2 aromatic carbocycles. The van der Waals surface area contributed by atoms with Gasteiger partial charge in [0.1, 0.15) is 11.6 Å². The lowest BCUT2D eigenvalue weighted by Gasteiger charge is -2.06. The Balaban J connectivity index is 2.38. The average molecular weight is 280 g/mol. The van der Waals surface area contributed by atoms with Crippen LogP contribution in [0.5, 0.6) is 5.75 Å². The Morgan fingerprint density at radius 1 is 1.21 bits per heavy atom. The Bertz CT molecular complexity index is 643. The van der Waals surface area contributed by atoms with Crippen molar-refractivity contribution in [3.63, 3.8) is 0 Å². The molecular formula is C14H11ClFNO2. The number of methoxy groups -OCH3 is 1. The van der Waals surface area contributed by atoms with E-state index in [2.05, 4.69) is 0 Å². The van der Waals surface area contributed by atoms with E-state index in [1.54, 1.807) is 12.1 Å². The van der Waals surface area contributed by atoms with Crippen LogP contribution in [0.15, 0.2) is 36.4 Å². The van der Waals surface area contributed by atoms with Crippen LogP contribution in [0.2, 0.25) is 5.02 Å². The number of anilines is 1. The minimum atomic E-state index is -0.552. The van der Waals surface area contributed by atoms with Crippen molar-refractivity contribution in [2.45, 2.75) is 0 Å². The van der Waals surface area contributed by atoms with Crippen LogP contribution in [0.4, 0.5) is 10.1 Å². The summed E-state index contributed by atoms with van der Waals surface area (Å²) in [6.07, 6.45) is 0. The summed E-state index contributed by atoms with van der Waals surface area (Å²) < 4.78 is 18.1. The second-order valence-corrected chi connectivity index (χ2v) is 4.32. The zero-order valence-corrected chi connectivity index (χ0v) is 10.9. The first-order valence-electron chi connectivity index (χ1n) is 5.46. The van der Waals surface area contributed by atoms with Crippen LogP contribution in [0, 0.1) is 5.82 Å². The minimum absolute atomic E-state index is 0.0644. The molecule has 0 heterocycles. The smallest absolute Gasteiger partial charge is 0.193 e. The number of hydrogen-bond acceptors (Lipinski definition) is 3. The van der Waals surface area contributed by atoms with Crippen LogP contribution in [-0.4, -0.2) is 12.9 Å². The zero-order chi connectivity index (χ0) is 14.0. The summed E-state index contributed by atoms with van der Waals surface area (Å²) in [5, 5.41) is 0.337. The minimum Gasteiger partial charge on any atom is -0.495 e. The third-order valence-electron chi connectivity index (χ3n) is 2.67. The molecule has 0 saturated carbocycles. The lowest BCUT2D eigenvalue weighted by atomic mass is 10.0. The van der Waals surface area contributed by atoms with Gasteiger partial charge < -0.3 is 10.5 Å². The highest BCUT2D eigenvalue weighted by atomic mass is 35.5. The topological polar surface area (TPSA) is 52.3 Å². The van der Waals surface area contributed by atoms with Gasteiger partial charge in [0, 0.05) is 11.1 Å². The van der Waals surface area contributed by atoms with Gasteiger partial charge in [-0.1, -0.05) is 11.6 Å². The number of nitrogen functional groups attached to an aromatic ring is 1. The fourth-order valence-corrected chi connectivity index (χ4v) is 1.92. The maximum atomic E-state index is 13.1. The van der Waals surface area contributed by atoms with Crippen molar-refractivity contribution >= 4 is 23.1 Å². The molecule has 0 unspecified atom stereocenters. The van der Waals surface area contributed by atoms with Gasteiger partial charge in [0.15, 0.2) is 5.78 Å². The number of rotatable bonds is 3. The predicted molar refractivity (Wildman–Crippen MR) is 72.2 cm³/mol. The standard InChI is InChI=1S/C14H11ClFNO2/c1-19-13-5-3-8(6-10(13)15)14(18)9-2-4-11(16)12(17)7-9/h2-7H,17H2,1H3. The summed E-state index contributed by atoms with van der Waals surface area (Å²) in [7, 11) is 1.49. The number of halogens is 2. The fourth-order valence-electron chi connectivity index (χ4n) is 1.66. The van der Waals surface area contributed by atoms with E-state index in [1.165, 1.54) is 25.3 Å². The average Bonchev–Trinajstić information content (AvgIpc) is 2.41. The maximum absolute atomic E-state index is 13.1. The van der Waals surface area contributed by atoms with Crippen molar-refractivity contribution in [1.29, 1.82) is 0 Å². The van der Waals surface area contributed by atoms with Crippen LogP contribution in [-0.2, 0) is 0 Å². The van der Waals surface area contributed by atoms with Gasteiger partial charge in [-0.15, -0.1) is 0 Å². The number of carbonyl (C=O) groups is 1. The van der Waals surface area contributed by atoms with Gasteiger partial charge in [-0.05, 0) is 36.4 Å². The van der Waals surface area contributed by atoms with E-state index < -0.39 is 5.82 Å². The third kappa shape index (κ3) is 2.69. The maximum Gasteiger partial charge on any atom is 0.193 e. The van der Waals surface area contributed by atoms with Crippen molar-refractivity contribution in [1.82, 2.24) is 0 Å². The SMILES string of the molecule is COc1ccc(C(=O)c2ccc(F)c(N)c2)cc1Cl. The van der Waals surface area contributed by atoms with E-state index in [0.29, 0.717) is 21.9 Å². The van der Waals surface area contributed by atoms with Gasteiger partial charge >= 0.3 is 0 Å². The molecule has 0 aromatic heterocycles. The molecule has 0 saturated heterocycles. The largest absolute Gasteiger partial charge is 0.495 e. The summed E-state index contributed by atoms with van der Waals surface area (Å²) >= 11 is 5.96. The molecule has 2 rings (SSSR count). The first-order valence-corrected chi connectivity index (χ1v) is 5.84. The van der Waals surface area contributed by atoms with Crippen molar-refractivity contribution in [3.05, 3.63) is 58.4 Å². The summed E-state index contributed by atoms with van der Waals surface area (Å²) in [4.78, 5) is 12.2. The molecular weight excluding hydrogens is 269 g/mol. The summed E-state index contributed by atoms with van der Waals surface area (Å²) in [6.45, 7) is 0. The second-order valence-electron chi connectivity index (χ2n) is 3.91.